The second-order valence-corrected chi connectivity index (χ2v) is 4.66. The van der Waals surface area contributed by atoms with E-state index in [9.17, 15) is 0 Å². The summed E-state index contributed by atoms with van der Waals surface area (Å²) in [5.41, 5.74) is 0. The molecule has 1 aliphatic heterocycles. The summed E-state index contributed by atoms with van der Waals surface area (Å²) >= 11 is 1.51. The van der Waals surface area contributed by atoms with Gasteiger partial charge in [-0.05, 0) is 24.9 Å². The Balaban J connectivity index is 1.66. The number of hydrogen-bond donors (Lipinski definition) is 0. The van der Waals surface area contributed by atoms with Crippen molar-refractivity contribution < 1.29 is 4.18 Å². The molecule has 2 nitrogen and oxygen atoms in total. The molecule has 1 saturated carbocycles. The minimum Gasteiger partial charge on any atom is -0.310 e. The van der Waals surface area contributed by atoms with Crippen LogP contribution in [-0.4, -0.2) is 36.4 Å². The van der Waals surface area contributed by atoms with Gasteiger partial charge in [-0.15, -0.1) is 0 Å². The topological polar surface area (TPSA) is 12.5 Å². The van der Waals surface area contributed by atoms with Crippen LogP contribution in [0.3, 0.4) is 0 Å². The van der Waals surface area contributed by atoms with Gasteiger partial charge in [0.15, 0.2) is 0 Å². The maximum absolute atomic E-state index is 5.47. The van der Waals surface area contributed by atoms with Crippen molar-refractivity contribution in [2.75, 3.05) is 19.3 Å². The fourth-order valence-corrected chi connectivity index (χ4v) is 2.80. The first-order valence-corrected chi connectivity index (χ1v) is 6.48. The van der Waals surface area contributed by atoms with Crippen LogP contribution in [0.4, 0.5) is 0 Å². The molecular weight excluding hydrogens is 182 g/mol. The Morgan fingerprint density at radius 2 is 1.85 bits per heavy atom. The summed E-state index contributed by atoms with van der Waals surface area (Å²) < 4.78 is 5.47. The second-order valence-electron chi connectivity index (χ2n) is 4.13. The molecule has 0 aromatic carbocycles. The van der Waals surface area contributed by atoms with E-state index in [4.69, 9.17) is 4.18 Å². The summed E-state index contributed by atoms with van der Waals surface area (Å²) in [7, 11) is 0. The van der Waals surface area contributed by atoms with Gasteiger partial charge in [0.25, 0.3) is 0 Å². The predicted molar refractivity (Wildman–Crippen MR) is 56.8 cm³/mol. The third kappa shape index (κ3) is 2.39. The van der Waals surface area contributed by atoms with Gasteiger partial charge in [-0.2, -0.15) is 0 Å². The van der Waals surface area contributed by atoms with E-state index in [1.807, 2.05) is 6.26 Å². The molecule has 0 aromatic heterocycles. The predicted octanol–water partition coefficient (Wildman–Crippen LogP) is 2.30. The zero-order valence-electron chi connectivity index (χ0n) is 8.37. The molecule has 0 bridgehead atoms. The standard InChI is InChI=1S/C10H19NOS/c1-13-12-10-7-11(8-10)9-5-3-2-4-6-9/h9-10H,2-8H2,1H3. The van der Waals surface area contributed by atoms with Gasteiger partial charge in [0.05, 0.1) is 6.10 Å². The van der Waals surface area contributed by atoms with Gasteiger partial charge in [-0.1, -0.05) is 19.3 Å². The highest BCUT2D eigenvalue weighted by molar-refractivity contribution is 7.93. The Labute approximate surface area is 85.2 Å². The number of likely N-dealkylation sites (tertiary alicyclic amines) is 1. The zero-order chi connectivity index (χ0) is 9.10. The first kappa shape index (κ1) is 9.81. The van der Waals surface area contributed by atoms with E-state index in [1.165, 1.54) is 57.2 Å². The van der Waals surface area contributed by atoms with Crippen molar-refractivity contribution in [3.05, 3.63) is 0 Å². The molecule has 2 rings (SSSR count). The Hall–Kier alpha value is 0.270. The Kier molecular flexibility index (Phi) is 3.52. The average molecular weight is 201 g/mol. The van der Waals surface area contributed by atoms with E-state index in [-0.39, 0.29) is 0 Å². The van der Waals surface area contributed by atoms with Gasteiger partial charge >= 0.3 is 0 Å². The van der Waals surface area contributed by atoms with E-state index in [0.717, 1.165) is 6.04 Å². The molecule has 0 amide bonds. The highest BCUT2D eigenvalue weighted by atomic mass is 32.2. The van der Waals surface area contributed by atoms with Crippen molar-refractivity contribution >= 4 is 12.0 Å². The number of nitrogens with zero attached hydrogens (tertiary/aromatic N) is 1. The lowest BCUT2D eigenvalue weighted by Crippen LogP contribution is -2.56. The SMILES string of the molecule is CSOC1CN(C2CCCCC2)C1. The molecule has 0 N–H and O–H groups in total. The summed E-state index contributed by atoms with van der Waals surface area (Å²) in [5, 5.41) is 0. The summed E-state index contributed by atoms with van der Waals surface area (Å²) in [6.45, 7) is 2.34. The molecule has 1 heterocycles. The van der Waals surface area contributed by atoms with Crippen molar-refractivity contribution in [1.29, 1.82) is 0 Å². The first-order valence-electron chi connectivity index (χ1n) is 5.33. The van der Waals surface area contributed by atoms with Crippen LogP contribution < -0.4 is 0 Å². The molecule has 0 spiro atoms. The van der Waals surface area contributed by atoms with Crippen LogP contribution >= 0.6 is 12.0 Å². The van der Waals surface area contributed by atoms with E-state index < -0.39 is 0 Å². The lowest BCUT2D eigenvalue weighted by molar-refractivity contribution is -0.00883. The molecule has 0 unspecified atom stereocenters. The molecule has 76 valence electrons. The first-order chi connectivity index (χ1) is 6.40. The van der Waals surface area contributed by atoms with Crippen LogP contribution in [0.25, 0.3) is 0 Å². The fraction of sp³-hybridized carbons (Fsp3) is 1.00. The van der Waals surface area contributed by atoms with Gasteiger partial charge in [-0.25, -0.2) is 0 Å². The van der Waals surface area contributed by atoms with E-state index in [2.05, 4.69) is 4.90 Å². The Morgan fingerprint density at radius 3 is 2.46 bits per heavy atom. The minimum atomic E-state index is 0.511. The summed E-state index contributed by atoms with van der Waals surface area (Å²) in [6.07, 6.45) is 9.69. The van der Waals surface area contributed by atoms with Crippen molar-refractivity contribution in [2.45, 2.75) is 44.2 Å². The van der Waals surface area contributed by atoms with Gasteiger partial charge in [0.1, 0.15) is 0 Å². The van der Waals surface area contributed by atoms with E-state index in [1.54, 1.807) is 0 Å². The molecule has 13 heavy (non-hydrogen) atoms. The number of rotatable bonds is 3. The van der Waals surface area contributed by atoms with Crippen molar-refractivity contribution in [1.82, 2.24) is 4.90 Å². The second kappa shape index (κ2) is 4.67. The van der Waals surface area contributed by atoms with Gasteiger partial charge in [-0.3, -0.25) is 4.90 Å². The van der Waals surface area contributed by atoms with E-state index in [0.29, 0.717) is 6.10 Å². The molecule has 3 heteroatoms. The lowest BCUT2D eigenvalue weighted by Gasteiger charge is -2.44. The molecule has 1 aliphatic carbocycles. The number of hydrogen-bond acceptors (Lipinski definition) is 3. The van der Waals surface area contributed by atoms with Crippen LogP contribution in [0.2, 0.25) is 0 Å². The molecule has 2 aliphatic rings. The zero-order valence-corrected chi connectivity index (χ0v) is 9.18. The molecule has 0 radical (unpaired) electrons. The molecule has 1 saturated heterocycles. The fourth-order valence-electron chi connectivity index (χ4n) is 2.41. The molecule has 0 atom stereocenters. The van der Waals surface area contributed by atoms with Crippen LogP contribution in [0.5, 0.6) is 0 Å². The van der Waals surface area contributed by atoms with Crippen molar-refractivity contribution in [2.24, 2.45) is 0 Å². The normalized spacial score (nSPS) is 27.5. The van der Waals surface area contributed by atoms with Gasteiger partial charge in [0, 0.05) is 25.4 Å². The third-order valence-electron chi connectivity index (χ3n) is 3.20. The summed E-state index contributed by atoms with van der Waals surface area (Å²) in [6, 6.07) is 0.885. The van der Waals surface area contributed by atoms with Crippen LogP contribution in [-0.2, 0) is 4.18 Å². The molecule has 0 aromatic rings. The summed E-state index contributed by atoms with van der Waals surface area (Å²) in [5.74, 6) is 0. The maximum Gasteiger partial charge on any atom is 0.0975 e. The van der Waals surface area contributed by atoms with Crippen LogP contribution in [0.1, 0.15) is 32.1 Å². The minimum absolute atomic E-state index is 0.511. The van der Waals surface area contributed by atoms with Gasteiger partial charge < -0.3 is 4.18 Å². The highest BCUT2D eigenvalue weighted by Gasteiger charge is 2.33. The van der Waals surface area contributed by atoms with E-state index >= 15 is 0 Å². The van der Waals surface area contributed by atoms with Gasteiger partial charge in [0.2, 0.25) is 0 Å². The Morgan fingerprint density at radius 1 is 1.15 bits per heavy atom. The van der Waals surface area contributed by atoms with Crippen molar-refractivity contribution in [3.63, 3.8) is 0 Å². The molecular formula is C10H19NOS. The highest BCUT2D eigenvalue weighted by Crippen LogP contribution is 2.27. The van der Waals surface area contributed by atoms with Crippen molar-refractivity contribution in [3.8, 4) is 0 Å². The summed E-state index contributed by atoms with van der Waals surface area (Å²) in [4.78, 5) is 2.60. The average Bonchev–Trinajstić information content (AvgIpc) is 2.12. The quantitative estimate of drug-likeness (QED) is 0.650. The smallest absolute Gasteiger partial charge is 0.0975 e. The van der Waals surface area contributed by atoms with Crippen LogP contribution in [0.15, 0.2) is 0 Å². The Bertz CT molecular complexity index is 153. The monoisotopic (exact) mass is 201 g/mol. The lowest BCUT2D eigenvalue weighted by atomic mass is 9.92. The largest absolute Gasteiger partial charge is 0.310 e. The molecule has 2 fully saturated rings. The van der Waals surface area contributed by atoms with Crippen LogP contribution in [0, 0.1) is 0 Å². The maximum atomic E-state index is 5.47. The third-order valence-corrected chi connectivity index (χ3v) is 3.66.